The average Bonchev–Trinajstić information content (AvgIpc) is 3.23. The standard InChI is InChI=1S/C18H19N3O4S2/c22-17-14-7-4-10-19-16(14)18(23)21(17)11-13-8-9-15(26-13)27(24,25)20-12-5-2-1-3-6-12/h4,7-10,12,20H,1-3,5-6,11H2. The van der Waals surface area contributed by atoms with Crippen LogP contribution in [0.15, 0.2) is 34.7 Å². The molecule has 3 heterocycles. The molecular weight excluding hydrogens is 386 g/mol. The highest BCUT2D eigenvalue weighted by Crippen LogP contribution is 2.28. The summed E-state index contributed by atoms with van der Waals surface area (Å²) in [6.45, 7) is 0.0393. The van der Waals surface area contributed by atoms with Gasteiger partial charge in [-0.3, -0.25) is 19.5 Å². The number of nitrogens with one attached hydrogen (secondary N) is 1. The summed E-state index contributed by atoms with van der Waals surface area (Å²) in [6.07, 6.45) is 6.42. The first-order chi connectivity index (χ1) is 13.0. The van der Waals surface area contributed by atoms with E-state index in [2.05, 4.69) is 9.71 Å². The van der Waals surface area contributed by atoms with Gasteiger partial charge in [-0.25, -0.2) is 13.1 Å². The summed E-state index contributed by atoms with van der Waals surface area (Å²) in [7, 11) is -3.59. The van der Waals surface area contributed by atoms with Crippen molar-refractivity contribution in [1.29, 1.82) is 0 Å². The smallest absolute Gasteiger partial charge is 0.268 e. The molecule has 2 aromatic heterocycles. The van der Waals surface area contributed by atoms with E-state index < -0.39 is 21.8 Å². The Labute approximate surface area is 161 Å². The third-order valence-corrected chi connectivity index (χ3v) is 7.96. The summed E-state index contributed by atoms with van der Waals surface area (Å²) in [5, 5.41) is 0. The predicted octanol–water partition coefficient (Wildman–Crippen LogP) is 2.55. The van der Waals surface area contributed by atoms with Crippen molar-refractivity contribution in [2.45, 2.75) is 48.9 Å². The lowest BCUT2D eigenvalue weighted by Crippen LogP contribution is -2.35. The van der Waals surface area contributed by atoms with Crippen molar-refractivity contribution in [1.82, 2.24) is 14.6 Å². The van der Waals surface area contributed by atoms with Crippen LogP contribution >= 0.6 is 11.3 Å². The van der Waals surface area contributed by atoms with E-state index in [0.717, 1.165) is 48.3 Å². The largest absolute Gasteiger partial charge is 0.280 e. The molecule has 0 aromatic carbocycles. The number of fused-ring (bicyclic) bond motifs is 1. The highest BCUT2D eigenvalue weighted by molar-refractivity contribution is 7.91. The molecule has 9 heteroatoms. The Morgan fingerprint density at radius 1 is 1.11 bits per heavy atom. The van der Waals surface area contributed by atoms with Gasteiger partial charge in [0, 0.05) is 17.1 Å². The fraction of sp³-hybridized carbons (Fsp3) is 0.389. The Balaban J connectivity index is 1.49. The Bertz CT molecular complexity index is 959. The van der Waals surface area contributed by atoms with Gasteiger partial charge in [0.1, 0.15) is 9.90 Å². The molecule has 0 spiro atoms. The maximum atomic E-state index is 12.6. The van der Waals surface area contributed by atoms with E-state index in [9.17, 15) is 18.0 Å². The zero-order valence-electron chi connectivity index (χ0n) is 14.6. The van der Waals surface area contributed by atoms with Crippen LogP contribution in [-0.4, -0.2) is 36.2 Å². The van der Waals surface area contributed by atoms with Gasteiger partial charge in [-0.05, 0) is 37.1 Å². The number of amides is 2. The minimum absolute atomic E-state index is 0.0170. The second kappa shape index (κ2) is 7.14. The van der Waals surface area contributed by atoms with Crippen molar-refractivity contribution in [2.24, 2.45) is 0 Å². The van der Waals surface area contributed by atoms with Crippen LogP contribution in [0.2, 0.25) is 0 Å². The van der Waals surface area contributed by atoms with Crippen LogP contribution in [0.5, 0.6) is 0 Å². The van der Waals surface area contributed by atoms with Gasteiger partial charge >= 0.3 is 0 Å². The Kier molecular flexibility index (Phi) is 4.83. The van der Waals surface area contributed by atoms with Crippen molar-refractivity contribution in [3.8, 4) is 0 Å². The molecule has 2 aliphatic rings. The Morgan fingerprint density at radius 2 is 1.89 bits per heavy atom. The van der Waals surface area contributed by atoms with Gasteiger partial charge in [-0.15, -0.1) is 11.3 Å². The molecule has 1 fully saturated rings. The van der Waals surface area contributed by atoms with E-state index in [1.54, 1.807) is 18.2 Å². The molecule has 1 aliphatic heterocycles. The minimum atomic E-state index is -3.59. The van der Waals surface area contributed by atoms with Crippen molar-refractivity contribution >= 4 is 33.2 Å². The zero-order valence-corrected chi connectivity index (χ0v) is 16.2. The molecule has 0 atom stereocenters. The summed E-state index contributed by atoms with van der Waals surface area (Å²) in [4.78, 5) is 30.5. The van der Waals surface area contributed by atoms with Crippen LogP contribution in [-0.2, 0) is 16.6 Å². The second-order valence-electron chi connectivity index (χ2n) is 6.77. The van der Waals surface area contributed by atoms with Crippen molar-refractivity contribution < 1.29 is 18.0 Å². The number of thiophene rings is 1. The molecule has 1 N–H and O–H groups in total. The van der Waals surface area contributed by atoms with Crippen LogP contribution < -0.4 is 4.72 Å². The lowest BCUT2D eigenvalue weighted by Gasteiger charge is -2.22. The van der Waals surface area contributed by atoms with Gasteiger partial charge in [0.25, 0.3) is 11.8 Å². The van der Waals surface area contributed by atoms with E-state index >= 15 is 0 Å². The molecule has 0 saturated heterocycles. The number of carbonyl (C=O) groups excluding carboxylic acids is 2. The number of aromatic nitrogens is 1. The molecule has 0 unspecified atom stereocenters. The van der Waals surface area contributed by atoms with Crippen LogP contribution in [0.4, 0.5) is 0 Å². The topological polar surface area (TPSA) is 96.4 Å². The number of carbonyl (C=O) groups is 2. The van der Waals surface area contributed by atoms with E-state index in [-0.39, 0.29) is 28.1 Å². The predicted molar refractivity (Wildman–Crippen MR) is 100.0 cm³/mol. The number of sulfonamides is 1. The van der Waals surface area contributed by atoms with Gasteiger partial charge in [-0.2, -0.15) is 0 Å². The number of rotatable bonds is 5. The van der Waals surface area contributed by atoms with E-state index in [4.69, 9.17) is 0 Å². The van der Waals surface area contributed by atoms with E-state index in [0.29, 0.717) is 4.88 Å². The average molecular weight is 406 g/mol. The summed E-state index contributed by atoms with van der Waals surface area (Å²) in [6, 6.07) is 6.34. The van der Waals surface area contributed by atoms with Gasteiger partial charge in [0.15, 0.2) is 0 Å². The molecule has 4 rings (SSSR count). The first kappa shape index (κ1) is 18.3. The second-order valence-corrected chi connectivity index (χ2v) is 9.88. The lowest BCUT2D eigenvalue weighted by atomic mass is 9.96. The Morgan fingerprint density at radius 3 is 2.63 bits per heavy atom. The summed E-state index contributed by atoms with van der Waals surface area (Å²) in [5.41, 5.74) is 0.428. The number of imide groups is 1. The SMILES string of the molecule is O=C1c2cccnc2C(=O)N1Cc1ccc(S(=O)(=O)NC2CCCCC2)s1. The molecule has 27 heavy (non-hydrogen) atoms. The van der Waals surface area contributed by atoms with Crippen LogP contribution in [0, 0.1) is 0 Å². The quantitative estimate of drug-likeness (QED) is 0.771. The number of hydrogen-bond donors (Lipinski definition) is 1. The zero-order chi connectivity index (χ0) is 19.0. The molecular formula is C18H19N3O4S2. The third-order valence-electron chi connectivity index (χ3n) is 4.87. The van der Waals surface area contributed by atoms with Gasteiger partial charge in [-0.1, -0.05) is 19.3 Å². The first-order valence-corrected chi connectivity index (χ1v) is 11.2. The van der Waals surface area contributed by atoms with Gasteiger partial charge in [0.05, 0.1) is 12.1 Å². The molecule has 0 radical (unpaired) electrons. The molecule has 0 bridgehead atoms. The highest BCUT2D eigenvalue weighted by atomic mass is 32.2. The highest BCUT2D eigenvalue weighted by Gasteiger charge is 2.37. The van der Waals surface area contributed by atoms with Gasteiger partial charge in [0.2, 0.25) is 10.0 Å². The van der Waals surface area contributed by atoms with Crippen molar-refractivity contribution in [3.63, 3.8) is 0 Å². The maximum Gasteiger partial charge on any atom is 0.280 e. The number of pyridine rings is 1. The van der Waals surface area contributed by atoms with E-state index in [1.807, 2.05) is 0 Å². The summed E-state index contributed by atoms with van der Waals surface area (Å²) in [5.74, 6) is -0.852. The van der Waals surface area contributed by atoms with Crippen LogP contribution in [0.25, 0.3) is 0 Å². The monoisotopic (exact) mass is 405 g/mol. The van der Waals surface area contributed by atoms with Gasteiger partial charge < -0.3 is 0 Å². The van der Waals surface area contributed by atoms with Crippen molar-refractivity contribution in [2.75, 3.05) is 0 Å². The normalized spacial score (nSPS) is 18.1. The van der Waals surface area contributed by atoms with Crippen LogP contribution in [0.1, 0.15) is 57.8 Å². The summed E-state index contributed by atoms with van der Waals surface area (Å²) >= 11 is 1.08. The summed E-state index contributed by atoms with van der Waals surface area (Å²) < 4.78 is 28.2. The Hall–Kier alpha value is -2.10. The number of hydrogen-bond acceptors (Lipinski definition) is 6. The van der Waals surface area contributed by atoms with E-state index in [1.165, 1.54) is 12.3 Å². The van der Waals surface area contributed by atoms with Crippen molar-refractivity contribution in [3.05, 3.63) is 46.6 Å². The third kappa shape index (κ3) is 3.54. The fourth-order valence-corrected chi connectivity index (χ4v) is 6.17. The number of nitrogens with zero attached hydrogens (tertiary/aromatic N) is 2. The maximum absolute atomic E-state index is 12.6. The molecule has 2 amide bonds. The molecule has 1 saturated carbocycles. The lowest BCUT2D eigenvalue weighted by molar-refractivity contribution is 0.0642. The first-order valence-electron chi connectivity index (χ1n) is 8.88. The molecule has 7 nitrogen and oxygen atoms in total. The molecule has 2 aromatic rings. The molecule has 142 valence electrons. The fourth-order valence-electron chi connectivity index (χ4n) is 3.50. The minimum Gasteiger partial charge on any atom is -0.268 e. The van der Waals surface area contributed by atoms with Crippen LogP contribution in [0.3, 0.4) is 0 Å². The molecule has 1 aliphatic carbocycles.